The summed E-state index contributed by atoms with van der Waals surface area (Å²) in [5.41, 5.74) is 1.80. The SMILES string of the molecule is CC(Sc1nnc(NCc2ccccc2)s1)c1nnc(-c2ccc([N+](=O)[O-])cc2)o1. The Morgan fingerprint density at radius 1 is 1.10 bits per heavy atom. The third-order valence-corrected chi connectivity index (χ3v) is 6.14. The molecule has 4 aromatic rings. The number of hydrogen-bond donors (Lipinski definition) is 1. The molecule has 0 aliphatic heterocycles. The minimum Gasteiger partial charge on any atom is -0.419 e. The Labute approximate surface area is 179 Å². The first-order valence-corrected chi connectivity index (χ1v) is 10.6. The summed E-state index contributed by atoms with van der Waals surface area (Å²) in [6.07, 6.45) is 0. The molecule has 0 aliphatic rings. The predicted octanol–water partition coefficient (Wildman–Crippen LogP) is 4.96. The highest BCUT2D eigenvalue weighted by atomic mass is 32.2. The fraction of sp³-hybridized carbons (Fsp3) is 0.158. The Balaban J connectivity index is 1.37. The van der Waals surface area contributed by atoms with Gasteiger partial charge in [0, 0.05) is 24.2 Å². The van der Waals surface area contributed by atoms with Gasteiger partial charge in [-0.15, -0.1) is 20.4 Å². The lowest BCUT2D eigenvalue weighted by molar-refractivity contribution is -0.384. The minimum atomic E-state index is -0.452. The zero-order valence-electron chi connectivity index (χ0n) is 15.8. The van der Waals surface area contributed by atoms with Gasteiger partial charge in [-0.25, -0.2) is 0 Å². The monoisotopic (exact) mass is 440 g/mol. The largest absolute Gasteiger partial charge is 0.419 e. The summed E-state index contributed by atoms with van der Waals surface area (Å²) in [4.78, 5) is 10.3. The second kappa shape index (κ2) is 9.01. The molecular weight excluding hydrogens is 424 g/mol. The van der Waals surface area contributed by atoms with Crippen molar-refractivity contribution in [1.29, 1.82) is 0 Å². The average Bonchev–Trinajstić information content (AvgIpc) is 3.43. The van der Waals surface area contributed by atoms with E-state index in [0.29, 0.717) is 23.9 Å². The van der Waals surface area contributed by atoms with Crippen molar-refractivity contribution in [2.24, 2.45) is 0 Å². The van der Waals surface area contributed by atoms with Crippen LogP contribution >= 0.6 is 23.1 Å². The standard InChI is InChI=1S/C19H16N6O3S2/c1-12(16-21-22-17(28-16)14-7-9-15(10-8-14)25(26)27)29-19-24-23-18(30-19)20-11-13-5-3-2-4-6-13/h2-10,12H,11H2,1H3,(H,20,23). The van der Waals surface area contributed by atoms with Gasteiger partial charge in [0.25, 0.3) is 5.69 Å². The van der Waals surface area contributed by atoms with Crippen LogP contribution in [-0.4, -0.2) is 25.3 Å². The molecule has 9 nitrogen and oxygen atoms in total. The second-order valence-electron chi connectivity index (χ2n) is 6.22. The molecule has 0 saturated carbocycles. The van der Waals surface area contributed by atoms with Gasteiger partial charge in [-0.3, -0.25) is 10.1 Å². The molecular formula is C19H16N6O3S2. The first-order chi connectivity index (χ1) is 14.6. The summed E-state index contributed by atoms with van der Waals surface area (Å²) in [5.74, 6) is 0.761. The first kappa shape index (κ1) is 20.0. The Hall–Kier alpha value is -3.31. The summed E-state index contributed by atoms with van der Waals surface area (Å²) in [6, 6.07) is 16.0. The number of nitro groups is 1. The summed E-state index contributed by atoms with van der Waals surface area (Å²) in [6.45, 7) is 2.62. The first-order valence-electron chi connectivity index (χ1n) is 8.94. The van der Waals surface area contributed by atoms with Crippen molar-refractivity contribution in [3.63, 3.8) is 0 Å². The molecule has 0 amide bonds. The van der Waals surface area contributed by atoms with Crippen LogP contribution in [0, 0.1) is 10.1 Å². The average molecular weight is 441 g/mol. The summed E-state index contributed by atoms with van der Waals surface area (Å²) in [7, 11) is 0. The predicted molar refractivity (Wildman–Crippen MR) is 114 cm³/mol. The van der Waals surface area contributed by atoms with Crippen LogP contribution in [0.1, 0.15) is 23.6 Å². The molecule has 0 fully saturated rings. The van der Waals surface area contributed by atoms with E-state index in [2.05, 4.69) is 25.7 Å². The number of nitro benzene ring substituents is 1. The van der Waals surface area contributed by atoms with Gasteiger partial charge in [0.15, 0.2) is 4.34 Å². The van der Waals surface area contributed by atoms with Crippen LogP contribution < -0.4 is 5.32 Å². The van der Waals surface area contributed by atoms with E-state index in [1.54, 1.807) is 12.1 Å². The zero-order valence-corrected chi connectivity index (χ0v) is 17.4. The maximum atomic E-state index is 10.8. The molecule has 2 aromatic carbocycles. The van der Waals surface area contributed by atoms with E-state index < -0.39 is 4.92 Å². The summed E-state index contributed by atoms with van der Waals surface area (Å²) >= 11 is 2.93. The van der Waals surface area contributed by atoms with Crippen molar-refractivity contribution in [1.82, 2.24) is 20.4 Å². The van der Waals surface area contributed by atoms with Gasteiger partial charge < -0.3 is 9.73 Å². The lowest BCUT2D eigenvalue weighted by Gasteiger charge is -2.02. The number of nitrogens with zero attached hydrogens (tertiary/aromatic N) is 5. The molecule has 4 rings (SSSR count). The van der Waals surface area contributed by atoms with Crippen LogP contribution in [0.3, 0.4) is 0 Å². The van der Waals surface area contributed by atoms with Gasteiger partial charge in [-0.1, -0.05) is 53.4 Å². The molecule has 1 atom stereocenters. The van der Waals surface area contributed by atoms with Crippen LogP contribution in [0.2, 0.25) is 0 Å². The van der Waals surface area contributed by atoms with Crippen LogP contribution in [0.15, 0.2) is 63.4 Å². The van der Waals surface area contributed by atoms with E-state index in [0.717, 1.165) is 9.47 Å². The van der Waals surface area contributed by atoms with Crippen LogP contribution in [0.25, 0.3) is 11.5 Å². The van der Waals surface area contributed by atoms with Crippen LogP contribution in [0.5, 0.6) is 0 Å². The number of anilines is 1. The summed E-state index contributed by atoms with van der Waals surface area (Å²) < 4.78 is 6.53. The number of non-ortho nitro benzene ring substituents is 1. The van der Waals surface area contributed by atoms with E-state index in [1.165, 1.54) is 40.8 Å². The summed E-state index contributed by atoms with van der Waals surface area (Å²) in [5, 5.41) is 31.2. The third-order valence-electron chi connectivity index (χ3n) is 4.08. The lowest BCUT2D eigenvalue weighted by atomic mass is 10.2. The van der Waals surface area contributed by atoms with Crippen molar-refractivity contribution in [2.45, 2.75) is 23.1 Å². The quantitative estimate of drug-likeness (QED) is 0.230. The molecule has 30 heavy (non-hydrogen) atoms. The minimum absolute atomic E-state index is 0.00959. The van der Waals surface area contributed by atoms with E-state index in [1.807, 2.05) is 37.3 Å². The highest BCUT2D eigenvalue weighted by Crippen LogP contribution is 2.37. The van der Waals surface area contributed by atoms with Crippen LogP contribution in [0.4, 0.5) is 10.8 Å². The molecule has 0 aliphatic carbocycles. The number of rotatable bonds is 8. The Morgan fingerprint density at radius 2 is 1.87 bits per heavy atom. The molecule has 0 spiro atoms. The molecule has 2 aromatic heterocycles. The number of benzene rings is 2. The Kier molecular flexibility index (Phi) is 6.00. The van der Waals surface area contributed by atoms with E-state index in [9.17, 15) is 10.1 Å². The topological polar surface area (TPSA) is 120 Å². The number of nitrogens with one attached hydrogen (secondary N) is 1. The highest BCUT2D eigenvalue weighted by Gasteiger charge is 2.19. The molecule has 1 unspecified atom stereocenters. The molecule has 0 bridgehead atoms. The van der Waals surface area contributed by atoms with Gasteiger partial charge in [-0.2, -0.15) is 0 Å². The number of aromatic nitrogens is 4. The fourth-order valence-electron chi connectivity index (χ4n) is 2.55. The van der Waals surface area contributed by atoms with Gasteiger partial charge in [0.2, 0.25) is 16.9 Å². The van der Waals surface area contributed by atoms with Gasteiger partial charge in [0.1, 0.15) is 0 Å². The number of thioether (sulfide) groups is 1. The van der Waals surface area contributed by atoms with Crippen molar-refractivity contribution < 1.29 is 9.34 Å². The van der Waals surface area contributed by atoms with Gasteiger partial charge >= 0.3 is 0 Å². The molecule has 11 heteroatoms. The van der Waals surface area contributed by atoms with Crippen molar-refractivity contribution in [2.75, 3.05) is 5.32 Å². The maximum absolute atomic E-state index is 10.8. The van der Waals surface area contributed by atoms with E-state index in [-0.39, 0.29) is 10.9 Å². The normalized spacial score (nSPS) is 11.9. The van der Waals surface area contributed by atoms with E-state index in [4.69, 9.17) is 4.42 Å². The molecule has 0 saturated heterocycles. The fourth-order valence-corrected chi connectivity index (χ4v) is 4.47. The Bertz CT molecular complexity index is 1130. The second-order valence-corrected chi connectivity index (χ2v) is 8.79. The van der Waals surface area contributed by atoms with Crippen molar-refractivity contribution in [3.8, 4) is 11.5 Å². The maximum Gasteiger partial charge on any atom is 0.269 e. The molecule has 1 N–H and O–H groups in total. The molecule has 0 radical (unpaired) electrons. The molecule has 2 heterocycles. The van der Waals surface area contributed by atoms with E-state index >= 15 is 0 Å². The highest BCUT2D eigenvalue weighted by molar-refractivity contribution is 8.01. The Morgan fingerprint density at radius 3 is 2.60 bits per heavy atom. The zero-order chi connectivity index (χ0) is 20.9. The smallest absolute Gasteiger partial charge is 0.269 e. The van der Waals surface area contributed by atoms with Gasteiger partial charge in [0.05, 0.1) is 10.2 Å². The van der Waals surface area contributed by atoms with Crippen LogP contribution in [-0.2, 0) is 6.54 Å². The number of hydrogen-bond acceptors (Lipinski definition) is 10. The van der Waals surface area contributed by atoms with Crippen molar-refractivity contribution in [3.05, 3.63) is 76.2 Å². The van der Waals surface area contributed by atoms with Gasteiger partial charge in [-0.05, 0) is 24.6 Å². The lowest BCUT2D eigenvalue weighted by Crippen LogP contribution is -1.98. The molecule has 152 valence electrons. The third kappa shape index (κ3) is 4.81. The van der Waals surface area contributed by atoms with Crippen molar-refractivity contribution >= 4 is 33.9 Å².